The van der Waals surface area contributed by atoms with Crippen LogP contribution in [-0.2, 0) is 9.59 Å². The van der Waals surface area contributed by atoms with Gasteiger partial charge in [0.1, 0.15) is 0 Å². The fourth-order valence-electron chi connectivity index (χ4n) is 3.13. The van der Waals surface area contributed by atoms with Crippen LogP contribution in [0.5, 0.6) is 0 Å². The van der Waals surface area contributed by atoms with Crippen LogP contribution >= 0.6 is 11.8 Å². The highest BCUT2D eigenvalue weighted by molar-refractivity contribution is 8.00. The van der Waals surface area contributed by atoms with Gasteiger partial charge in [-0.15, -0.1) is 0 Å². The summed E-state index contributed by atoms with van der Waals surface area (Å²) in [5, 5.41) is 29.2. The standard InChI is InChI=1S/C16H28N4O5S/c21-7-10(8-22)18-14(24)5-6-17-13(23)4-2-1-3-12-15-11(9-26-12)19-16(25)20-15/h10-12,15,21-22H,1-9H2,(H,17,23)(H,18,24)(H2,19,20,25). The van der Waals surface area contributed by atoms with Crippen molar-refractivity contribution in [1.29, 1.82) is 0 Å². The Morgan fingerprint density at radius 1 is 1.15 bits per heavy atom. The van der Waals surface area contributed by atoms with Crippen LogP contribution in [0.15, 0.2) is 0 Å². The quantitative estimate of drug-likeness (QED) is 0.192. The monoisotopic (exact) mass is 388 g/mol. The molecule has 0 saturated carbocycles. The molecule has 0 aliphatic carbocycles. The molecule has 9 nitrogen and oxygen atoms in total. The number of amides is 4. The average molecular weight is 388 g/mol. The summed E-state index contributed by atoms with van der Waals surface area (Å²) in [6.07, 6.45) is 3.17. The van der Waals surface area contributed by atoms with Crippen molar-refractivity contribution in [3.8, 4) is 0 Å². The van der Waals surface area contributed by atoms with Crippen LogP contribution in [0.25, 0.3) is 0 Å². The summed E-state index contributed by atoms with van der Waals surface area (Å²) < 4.78 is 0. The topological polar surface area (TPSA) is 140 Å². The van der Waals surface area contributed by atoms with E-state index in [4.69, 9.17) is 10.2 Å². The van der Waals surface area contributed by atoms with Gasteiger partial charge in [-0.2, -0.15) is 11.8 Å². The predicted octanol–water partition coefficient (Wildman–Crippen LogP) is -1.31. The maximum atomic E-state index is 11.8. The second-order valence-corrected chi connectivity index (χ2v) is 7.87. The molecule has 6 N–H and O–H groups in total. The number of carbonyl (C=O) groups excluding carboxylic acids is 3. The van der Waals surface area contributed by atoms with Gasteiger partial charge < -0.3 is 31.5 Å². The molecule has 3 atom stereocenters. The Morgan fingerprint density at radius 3 is 2.65 bits per heavy atom. The molecule has 4 amide bonds. The highest BCUT2D eigenvalue weighted by Gasteiger charge is 2.42. The van der Waals surface area contributed by atoms with Crippen molar-refractivity contribution >= 4 is 29.6 Å². The van der Waals surface area contributed by atoms with Gasteiger partial charge in [0.05, 0.1) is 31.3 Å². The van der Waals surface area contributed by atoms with Gasteiger partial charge in [0.25, 0.3) is 0 Å². The Bertz CT molecular complexity index is 503. The van der Waals surface area contributed by atoms with E-state index in [9.17, 15) is 14.4 Å². The summed E-state index contributed by atoms with van der Waals surface area (Å²) in [5.74, 6) is 0.522. The number of fused-ring (bicyclic) bond motifs is 1. The smallest absolute Gasteiger partial charge is 0.315 e. The van der Waals surface area contributed by atoms with Crippen molar-refractivity contribution in [2.24, 2.45) is 0 Å². The summed E-state index contributed by atoms with van der Waals surface area (Å²) in [6.45, 7) is -0.418. The summed E-state index contributed by atoms with van der Waals surface area (Å²) in [5.41, 5.74) is 0. The van der Waals surface area contributed by atoms with Crippen molar-refractivity contribution < 1.29 is 24.6 Å². The molecule has 10 heteroatoms. The lowest BCUT2D eigenvalue weighted by Gasteiger charge is -2.16. The third-order valence-electron chi connectivity index (χ3n) is 4.56. The first-order chi connectivity index (χ1) is 12.5. The molecule has 2 heterocycles. The van der Waals surface area contributed by atoms with Crippen LogP contribution in [0.1, 0.15) is 32.1 Å². The summed E-state index contributed by atoms with van der Waals surface area (Å²) in [6, 6.07) is -0.325. The van der Waals surface area contributed by atoms with E-state index < -0.39 is 6.04 Å². The van der Waals surface area contributed by atoms with Gasteiger partial charge >= 0.3 is 6.03 Å². The van der Waals surface area contributed by atoms with E-state index in [1.807, 2.05) is 11.8 Å². The number of unbranched alkanes of at least 4 members (excludes halogenated alkanes) is 1. The number of carbonyl (C=O) groups is 3. The van der Waals surface area contributed by atoms with Crippen molar-refractivity contribution in [3.05, 3.63) is 0 Å². The maximum Gasteiger partial charge on any atom is 0.315 e. The molecule has 2 aliphatic heterocycles. The van der Waals surface area contributed by atoms with Gasteiger partial charge in [0.2, 0.25) is 11.8 Å². The minimum atomic E-state index is -0.661. The number of aliphatic hydroxyl groups excluding tert-OH is 2. The zero-order valence-corrected chi connectivity index (χ0v) is 15.5. The van der Waals surface area contributed by atoms with Crippen molar-refractivity contribution in [2.45, 2.75) is 55.5 Å². The minimum absolute atomic E-state index is 0.0852. The van der Waals surface area contributed by atoms with Crippen molar-refractivity contribution in [3.63, 3.8) is 0 Å². The number of hydrogen-bond acceptors (Lipinski definition) is 6. The van der Waals surface area contributed by atoms with Gasteiger partial charge in [0, 0.05) is 30.4 Å². The normalized spacial score (nSPS) is 24.1. The first-order valence-electron chi connectivity index (χ1n) is 9.00. The van der Waals surface area contributed by atoms with E-state index in [0.29, 0.717) is 11.7 Å². The molecule has 26 heavy (non-hydrogen) atoms. The summed E-state index contributed by atoms with van der Waals surface area (Å²) >= 11 is 1.86. The highest BCUT2D eigenvalue weighted by Crippen LogP contribution is 2.33. The molecule has 0 bridgehead atoms. The number of rotatable bonds is 11. The van der Waals surface area contributed by atoms with E-state index in [2.05, 4.69) is 21.3 Å². The van der Waals surface area contributed by atoms with Gasteiger partial charge in [-0.05, 0) is 12.8 Å². The minimum Gasteiger partial charge on any atom is -0.394 e. The molecule has 0 aromatic rings. The molecular formula is C16H28N4O5S. The Kier molecular flexibility index (Phi) is 8.46. The molecule has 2 rings (SSSR count). The van der Waals surface area contributed by atoms with Crippen LogP contribution in [0, 0.1) is 0 Å². The molecule has 3 unspecified atom stereocenters. The molecule has 2 fully saturated rings. The Hall–Kier alpha value is -1.52. The second kappa shape index (κ2) is 10.6. The fourth-order valence-corrected chi connectivity index (χ4v) is 4.67. The van der Waals surface area contributed by atoms with Gasteiger partial charge in [-0.1, -0.05) is 6.42 Å². The molecule has 0 aromatic carbocycles. The zero-order chi connectivity index (χ0) is 18.9. The number of urea groups is 1. The van der Waals surface area contributed by atoms with Crippen LogP contribution in [-0.4, -0.2) is 76.9 Å². The summed E-state index contributed by atoms with van der Waals surface area (Å²) in [7, 11) is 0. The molecule has 0 radical (unpaired) electrons. The molecular weight excluding hydrogens is 360 g/mol. The van der Waals surface area contributed by atoms with E-state index in [1.165, 1.54) is 0 Å². The first-order valence-corrected chi connectivity index (χ1v) is 10.0. The van der Waals surface area contributed by atoms with Crippen LogP contribution < -0.4 is 21.3 Å². The lowest BCUT2D eigenvalue weighted by atomic mass is 10.0. The first kappa shape index (κ1) is 20.8. The largest absolute Gasteiger partial charge is 0.394 e. The van der Waals surface area contributed by atoms with E-state index in [-0.39, 0.29) is 56.1 Å². The third kappa shape index (κ3) is 6.33. The SMILES string of the molecule is O=C(CCCCC1SCC2NC(=O)NC21)NCCC(=O)NC(CO)CO. The molecule has 0 aromatic heterocycles. The highest BCUT2D eigenvalue weighted by atomic mass is 32.2. The van der Waals surface area contributed by atoms with E-state index in [1.54, 1.807) is 0 Å². The van der Waals surface area contributed by atoms with Crippen LogP contribution in [0.3, 0.4) is 0 Å². The maximum absolute atomic E-state index is 11.8. The number of aliphatic hydroxyl groups is 2. The lowest BCUT2D eigenvalue weighted by molar-refractivity contribution is -0.123. The van der Waals surface area contributed by atoms with E-state index in [0.717, 1.165) is 25.0 Å². The Morgan fingerprint density at radius 2 is 1.92 bits per heavy atom. The summed E-state index contributed by atoms with van der Waals surface area (Å²) in [4.78, 5) is 34.7. The van der Waals surface area contributed by atoms with Crippen LogP contribution in [0.2, 0.25) is 0 Å². The average Bonchev–Trinajstić information content (AvgIpc) is 3.16. The third-order valence-corrected chi connectivity index (χ3v) is 6.07. The number of hydrogen-bond donors (Lipinski definition) is 6. The van der Waals surface area contributed by atoms with E-state index >= 15 is 0 Å². The molecule has 2 aliphatic rings. The lowest BCUT2D eigenvalue weighted by Crippen LogP contribution is -2.41. The second-order valence-electron chi connectivity index (χ2n) is 6.60. The molecule has 2 saturated heterocycles. The van der Waals surface area contributed by atoms with Gasteiger partial charge in [0.15, 0.2) is 0 Å². The number of thioether (sulfide) groups is 1. The van der Waals surface area contributed by atoms with Gasteiger partial charge in [-0.3, -0.25) is 9.59 Å². The van der Waals surface area contributed by atoms with Crippen molar-refractivity contribution in [1.82, 2.24) is 21.3 Å². The molecule has 0 spiro atoms. The zero-order valence-electron chi connectivity index (χ0n) is 14.7. The fraction of sp³-hybridized carbons (Fsp3) is 0.812. The predicted molar refractivity (Wildman–Crippen MR) is 97.7 cm³/mol. The Balaban J connectivity index is 1.50. The van der Waals surface area contributed by atoms with Crippen molar-refractivity contribution in [2.75, 3.05) is 25.5 Å². The van der Waals surface area contributed by atoms with Gasteiger partial charge in [-0.25, -0.2) is 4.79 Å². The molecule has 148 valence electrons. The number of nitrogens with one attached hydrogen (secondary N) is 4. The van der Waals surface area contributed by atoms with Crippen LogP contribution in [0.4, 0.5) is 4.79 Å². The Labute approximate surface area is 157 Å².